The van der Waals surface area contributed by atoms with Crippen LogP contribution in [-0.2, 0) is 16.1 Å². The van der Waals surface area contributed by atoms with Gasteiger partial charge in [0.1, 0.15) is 6.54 Å². The van der Waals surface area contributed by atoms with Crippen molar-refractivity contribution in [3.63, 3.8) is 0 Å². The summed E-state index contributed by atoms with van der Waals surface area (Å²) < 4.78 is 2.02. The summed E-state index contributed by atoms with van der Waals surface area (Å²) in [4.78, 5) is 35.0. The molecule has 0 bridgehead atoms. The first kappa shape index (κ1) is 15.4. The minimum atomic E-state index is -0.528. The number of hydrogen-bond donors (Lipinski definition) is 2. The van der Waals surface area contributed by atoms with Gasteiger partial charge < -0.3 is 10.6 Å². The Morgan fingerprint density at radius 3 is 2.50 bits per heavy atom. The highest BCUT2D eigenvalue weighted by molar-refractivity contribution is 5.84. The topological polar surface area (TPSA) is 111 Å². The SMILES string of the molecule is CCNC(=O)CNC(=O)Cn1nnn(-c2ccccc2)c1=O. The number of likely N-dealkylation sites (N-methyl/N-ethyl adjacent to an activating group) is 1. The third-order valence-corrected chi connectivity index (χ3v) is 2.75. The van der Waals surface area contributed by atoms with Gasteiger partial charge in [-0.15, -0.1) is 0 Å². The number of carbonyl (C=O) groups excluding carboxylic acids is 2. The zero-order chi connectivity index (χ0) is 15.9. The van der Waals surface area contributed by atoms with Crippen molar-refractivity contribution >= 4 is 11.8 Å². The summed E-state index contributed by atoms with van der Waals surface area (Å²) >= 11 is 0. The first-order valence-corrected chi connectivity index (χ1v) is 6.73. The van der Waals surface area contributed by atoms with E-state index in [0.717, 1.165) is 9.36 Å². The van der Waals surface area contributed by atoms with Crippen molar-refractivity contribution in [2.45, 2.75) is 13.5 Å². The van der Waals surface area contributed by atoms with E-state index in [1.165, 1.54) is 0 Å². The molecule has 2 rings (SSSR count). The molecule has 0 fully saturated rings. The van der Waals surface area contributed by atoms with Crippen molar-refractivity contribution in [2.75, 3.05) is 13.1 Å². The molecule has 0 aliphatic rings. The van der Waals surface area contributed by atoms with Gasteiger partial charge in [0.15, 0.2) is 0 Å². The van der Waals surface area contributed by atoms with E-state index in [9.17, 15) is 14.4 Å². The van der Waals surface area contributed by atoms with Crippen LogP contribution in [0.4, 0.5) is 0 Å². The van der Waals surface area contributed by atoms with Crippen molar-refractivity contribution in [2.24, 2.45) is 0 Å². The average molecular weight is 304 g/mol. The predicted molar refractivity (Wildman–Crippen MR) is 77.3 cm³/mol. The second-order valence-electron chi connectivity index (χ2n) is 4.40. The largest absolute Gasteiger partial charge is 0.368 e. The molecule has 2 aromatic rings. The Morgan fingerprint density at radius 2 is 1.82 bits per heavy atom. The van der Waals surface area contributed by atoms with E-state index in [1.807, 2.05) is 6.07 Å². The molecule has 9 nitrogen and oxygen atoms in total. The Morgan fingerprint density at radius 1 is 1.09 bits per heavy atom. The summed E-state index contributed by atoms with van der Waals surface area (Å²) in [6.45, 7) is 1.82. The standard InChI is InChI=1S/C13H16N6O3/c1-2-14-11(20)8-15-12(21)9-18-13(22)19(17-16-18)10-6-4-3-5-7-10/h3-7H,2,8-9H2,1H3,(H,14,20)(H,15,21). The van der Waals surface area contributed by atoms with Crippen LogP contribution in [-0.4, -0.2) is 44.7 Å². The van der Waals surface area contributed by atoms with Crippen LogP contribution in [0.3, 0.4) is 0 Å². The normalized spacial score (nSPS) is 10.2. The number of aromatic nitrogens is 4. The maximum atomic E-state index is 12.1. The number of nitrogens with one attached hydrogen (secondary N) is 2. The van der Waals surface area contributed by atoms with Gasteiger partial charge >= 0.3 is 5.69 Å². The number of nitrogens with zero attached hydrogens (tertiary/aromatic N) is 4. The molecule has 0 saturated heterocycles. The molecule has 0 atom stereocenters. The summed E-state index contributed by atoms with van der Waals surface area (Å²) in [6, 6.07) is 8.75. The lowest BCUT2D eigenvalue weighted by Crippen LogP contribution is -2.39. The molecule has 0 saturated carbocycles. The summed E-state index contributed by atoms with van der Waals surface area (Å²) in [5, 5.41) is 12.3. The first-order chi connectivity index (χ1) is 10.6. The second-order valence-corrected chi connectivity index (χ2v) is 4.40. The van der Waals surface area contributed by atoms with Gasteiger partial charge in [0, 0.05) is 6.54 Å². The van der Waals surface area contributed by atoms with E-state index in [1.54, 1.807) is 31.2 Å². The monoisotopic (exact) mass is 304 g/mol. The Labute approximate surface area is 125 Å². The van der Waals surface area contributed by atoms with E-state index >= 15 is 0 Å². The molecule has 22 heavy (non-hydrogen) atoms. The molecule has 9 heteroatoms. The van der Waals surface area contributed by atoms with Crippen LogP contribution in [0.5, 0.6) is 0 Å². The summed E-state index contributed by atoms with van der Waals surface area (Å²) in [5.41, 5.74) is 0.0286. The van der Waals surface area contributed by atoms with Gasteiger partial charge in [0.05, 0.1) is 12.2 Å². The van der Waals surface area contributed by atoms with Crippen molar-refractivity contribution in [1.82, 2.24) is 30.4 Å². The first-order valence-electron chi connectivity index (χ1n) is 6.73. The van der Waals surface area contributed by atoms with Gasteiger partial charge in [0.2, 0.25) is 11.8 Å². The molecule has 0 aliphatic carbocycles. The van der Waals surface area contributed by atoms with Crippen LogP contribution in [0, 0.1) is 0 Å². The second kappa shape index (κ2) is 7.16. The van der Waals surface area contributed by atoms with Crippen molar-refractivity contribution in [1.29, 1.82) is 0 Å². The molecule has 1 heterocycles. The zero-order valence-electron chi connectivity index (χ0n) is 12.0. The summed E-state index contributed by atoms with van der Waals surface area (Å²) in [7, 11) is 0. The number of amides is 2. The average Bonchev–Trinajstić information content (AvgIpc) is 2.87. The summed E-state index contributed by atoms with van der Waals surface area (Å²) in [6.07, 6.45) is 0. The molecular weight excluding hydrogens is 288 g/mol. The molecule has 116 valence electrons. The van der Waals surface area contributed by atoms with E-state index in [0.29, 0.717) is 12.2 Å². The van der Waals surface area contributed by atoms with E-state index in [-0.39, 0.29) is 19.0 Å². The number of para-hydroxylation sites is 1. The van der Waals surface area contributed by atoms with Crippen LogP contribution in [0.15, 0.2) is 35.1 Å². The van der Waals surface area contributed by atoms with Crippen molar-refractivity contribution in [3.8, 4) is 5.69 Å². The van der Waals surface area contributed by atoms with Crippen molar-refractivity contribution in [3.05, 3.63) is 40.8 Å². The van der Waals surface area contributed by atoms with Crippen molar-refractivity contribution < 1.29 is 9.59 Å². The van der Waals surface area contributed by atoms with Crippen LogP contribution >= 0.6 is 0 Å². The Balaban J connectivity index is 2.00. The molecule has 2 N–H and O–H groups in total. The van der Waals surface area contributed by atoms with E-state index < -0.39 is 11.6 Å². The number of rotatable bonds is 6. The fraction of sp³-hybridized carbons (Fsp3) is 0.308. The van der Waals surface area contributed by atoms with Gasteiger partial charge in [-0.25, -0.2) is 4.79 Å². The van der Waals surface area contributed by atoms with E-state index in [2.05, 4.69) is 21.1 Å². The third-order valence-electron chi connectivity index (χ3n) is 2.75. The number of carbonyl (C=O) groups is 2. The van der Waals surface area contributed by atoms with Gasteiger partial charge in [-0.1, -0.05) is 18.2 Å². The Hall–Kier alpha value is -2.97. The quantitative estimate of drug-likeness (QED) is 0.688. The highest BCUT2D eigenvalue weighted by Gasteiger charge is 2.12. The van der Waals surface area contributed by atoms with Crippen LogP contribution in [0.1, 0.15) is 6.92 Å². The maximum Gasteiger partial charge on any atom is 0.368 e. The van der Waals surface area contributed by atoms with Gasteiger partial charge in [0.25, 0.3) is 0 Å². The molecular formula is C13H16N6O3. The molecule has 0 aliphatic heterocycles. The number of hydrogen-bond acceptors (Lipinski definition) is 5. The highest BCUT2D eigenvalue weighted by Crippen LogP contribution is 2.00. The fourth-order valence-corrected chi connectivity index (χ4v) is 1.74. The van der Waals surface area contributed by atoms with Gasteiger partial charge in [-0.2, -0.15) is 9.36 Å². The Kier molecular flexibility index (Phi) is 5.02. The zero-order valence-corrected chi connectivity index (χ0v) is 12.0. The number of tetrazole rings is 1. The third kappa shape index (κ3) is 3.78. The van der Waals surface area contributed by atoms with Crippen LogP contribution in [0.25, 0.3) is 5.69 Å². The molecule has 0 spiro atoms. The lowest BCUT2D eigenvalue weighted by Gasteiger charge is -2.04. The smallest absolute Gasteiger partial charge is 0.355 e. The molecule has 1 aromatic heterocycles. The van der Waals surface area contributed by atoms with Crippen LogP contribution in [0.2, 0.25) is 0 Å². The van der Waals surface area contributed by atoms with Gasteiger partial charge in [-0.3, -0.25) is 9.59 Å². The molecule has 0 unspecified atom stereocenters. The fourth-order valence-electron chi connectivity index (χ4n) is 1.74. The predicted octanol–water partition coefficient (Wildman–Crippen LogP) is -1.32. The minimum absolute atomic E-state index is 0.145. The molecule has 2 amide bonds. The lowest BCUT2D eigenvalue weighted by atomic mass is 10.3. The Bertz CT molecular complexity index is 706. The molecule has 0 radical (unpaired) electrons. The minimum Gasteiger partial charge on any atom is -0.355 e. The lowest BCUT2D eigenvalue weighted by molar-refractivity contribution is -0.126. The number of benzene rings is 1. The molecule has 1 aromatic carbocycles. The highest BCUT2D eigenvalue weighted by atomic mass is 16.2. The van der Waals surface area contributed by atoms with Gasteiger partial charge in [-0.05, 0) is 29.5 Å². The maximum absolute atomic E-state index is 12.1. The summed E-state index contributed by atoms with van der Waals surface area (Å²) in [5.74, 6) is -0.787. The van der Waals surface area contributed by atoms with Crippen LogP contribution < -0.4 is 16.3 Å². The van der Waals surface area contributed by atoms with E-state index in [4.69, 9.17) is 0 Å².